The molecule has 0 saturated heterocycles. The van der Waals surface area contributed by atoms with Crippen molar-refractivity contribution in [1.82, 2.24) is 19.8 Å². The lowest BCUT2D eigenvalue weighted by Crippen LogP contribution is -2.30. The van der Waals surface area contributed by atoms with Crippen LogP contribution in [-0.2, 0) is 4.79 Å². The molecule has 4 aromatic rings. The van der Waals surface area contributed by atoms with E-state index < -0.39 is 6.10 Å². The minimum atomic E-state index is -0.673. The van der Waals surface area contributed by atoms with Gasteiger partial charge < -0.3 is 4.74 Å². The number of halogens is 1. The molecule has 0 aliphatic carbocycles. The van der Waals surface area contributed by atoms with Crippen molar-refractivity contribution in [3.05, 3.63) is 59.1 Å². The van der Waals surface area contributed by atoms with Gasteiger partial charge in [-0.2, -0.15) is 4.52 Å². The molecule has 28 heavy (non-hydrogen) atoms. The van der Waals surface area contributed by atoms with Crippen LogP contribution in [0.1, 0.15) is 12.5 Å². The third-order valence-corrected chi connectivity index (χ3v) is 5.09. The average Bonchev–Trinajstić information content (AvgIpc) is 3.24. The molecule has 1 N–H and O–H groups in total. The zero-order valence-corrected chi connectivity index (χ0v) is 16.7. The number of hydrogen-bond acceptors (Lipinski definition) is 6. The maximum Gasteiger partial charge on any atom is 0.266 e. The lowest BCUT2D eigenvalue weighted by atomic mass is 10.2. The Balaban J connectivity index is 1.49. The molecular weight excluding hydrogens is 398 g/mol. The number of benzene rings is 2. The number of hydrogen-bond donors (Lipinski definition) is 1. The van der Waals surface area contributed by atoms with E-state index in [1.165, 1.54) is 11.3 Å². The quantitative estimate of drug-likeness (QED) is 0.529. The van der Waals surface area contributed by atoms with E-state index in [0.29, 0.717) is 26.7 Å². The largest absolute Gasteiger partial charge is 0.481 e. The number of fused-ring (bicyclic) bond motifs is 1. The Labute approximate surface area is 169 Å². The molecule has 142 valence electrons. The molecular formula is C19H16ClN5O2S. The van der Waals surface area contributed by atoms with Crippen LogP contribution < -0.4 is 10.1 Å². The second-order valence-corrected chi connectivity index (χ2v) is 7.59. The Morgan fingerprint density at radius 2 is 1.86 bits per heavy atom. The van der Waals surface area contributed by atoms with Gasteiger partial charge in [0.15, 0.2) is 11.9 Å². The molecule has 9 heteroatoms. The van der Waals surface area contributed by atoms with Gasteiger partial charge in [0.1, 0.15) is 5.75 Å². The lowest BCUT2D eigenvalue weighted by Gasteiger charge is -2.13. The minimum Gasteiger partial charge on any atom is -0.481 e. The smallest absolute Gasteiger partial charge is 0.266 e. The average molecular weight is 414 g/mol. The van der Waals surface area contributed by atoms with Crippen LogP contribution in [0.3, 0.4) is 0 Å². The molecule has 0 unspecified atom stereocenters. The summed E-state index contributed by atoms with van der Waals surface area (Å²) in [6.07, 6.45) is -0.673. The highest BCUT2D eigenvalue weighted by molar-refractivity contribution is 7.20. The number of nitrogens with zero attached hydrogens (tertiary/aromatic N) is 4. The maximum absolute atomic E-state index is 12.4. The predicted molar refractivity (Wildman–Crippen MR) is 109 cm³/mol. The fourth-order valence-corrected chi connectivity index (χ4v) is 3.40. The molecule has 0 saturated carbocycles. The van der Waals surface area contributed by atoms with Crippen molar-refractivity contribution in [2.45, 2.75) is 20.0 Å². The molecule has 0 bridgehead atoms. The van der Waals surface area contributed by atoms with Gasteiger partial charge in [-0.25, -0.2) is 0 Å². The first kappa shape index (κ1) is 18.4. The topological polar surface area (TPSA) is 81.4 Å². The number of rotatable bonds is 5. The van der Waals surface area contributed by atoms with Gasteiger partial charge in [-0.15, -0.1) is 15.3 Å². The van der Waals surface area contributed by atoms with Crippen molar-refractivity contribution in [1.29, 1.82) is 0 Å². The molecule has 4 rings (SSSR count). The lowest BCUT2D eigenvalue weighted by molar-refractivity contribution is -0.122. The Morgan fingerprint density at radius 3 is 2.57 bits per heavy atom. The molecule has 0 aliphatic rings. The summed E-state index contributed by atoms with van der Waals surface area (Å²) < 4.78 is 7.27. The first-order valence-electron chi connectivity index (χ1n) is 8.52. The second kappa shape index (κ2) is 7.57. The highest BCUT2D eigenvalue weighted by Gasteiger charge is 2.19. The Morgan fingerprint density at radius 1 is 1.14 bits per heavy atom. The van der Waals surface area contributed by atoms with E-state index in [1.54, 1.807) is 23.6 Å². The van der Waals surface area contributed by atoms with Crippen LogP contribution in [0.15, 0.2) is 48.5 Å². The summed E-state index contributed by atoms with van der Waals surface area (Å²) in [5.74, 6) is 0.919. The van der Waals surface area contributed by atoms with E-state index in [1.807, 2.05) is 43.3 Å². The van der Waals surface area contributed by atoms with Crippen molar-refractivity contribution in [3.63, 3.8) is 0 Å². The standard InChI is InChI=1S/C19H16ClN5O2S/c1-11-3-9-15(10-4-11)27-12(2)17(26)21-18-24-25-16(22-23-19(25)28-18)13-5-7-14(20)8-6-13/h3-10,12H,1-2H3,(H,21,24,26)/t12-/m0/s1. The number of aryl methyl sites for hydroxylation is 1. The first-order valence-corrected chi connectivity index (χ1v) is 9.71. The number of aromatic nitrogens is 4. The van der Waals surface area contributed by atoms with Crippen LogP contribution in [0.2, 0.25) is 5.02 Å². The Bertz CT molecular complexity index is 1120. The van der Waals surface area contributed by atoms with E-state index in [0.717, 1.165) is 11.1 Å². The van der Waals surface area contributed by atoms with Crippen molar-refractivity contribution in [2.24, 2.45) is 0 Å². The second-order valence-electron chi connectivity index (χ2n) is 6.19. The van der Waals surface area contributed by atoms with Crippen molar-refractivity contribution < 1.29 is 9.53 Å². The van der Waals surface area contributed by atoms with E-state index in [9.17, 15) is 4.79 Å². The van der Waals surface area contributed by atoms with Crippen LogP contribution >= 0.6 is 22.9 Å². The third-order valence-electron chi connectivity index (χ3n) is 4.03. The number of carbonyl (C=O) groups excluding carboxylic acids is 1. The Kier molecular flexibility index (Phi) is 4.97. The molecule has 0 radical (unpaired) electrons. The molecule has 2 heterocycles. The molecule has 7 nitrogen and oxygen atoms in total. The third kappa shape index (κ3) is 3.83. The summed E-state index contributed by atoms with van der Waals surface area (Å²) in [6.45, 7) is 3.68. The summed E-state index contributed by atoms with van der Waals surface area (Å²) in [7, 11) is 0. The van der Waals surface area contributed by atoms with E-state index in [4.69, 9.17) is 16.3 Å². The zero-order chi connectivity index (χ0) is 19.7. The van der Waals surface area contributed by atoms with E-state index in [-0.39, 0.29) is 5.91 Å². The van der Waals surface area contributed by atoms with E-state index >= 15 is 0 Å². The molecule has 0 spiro atoms. The fourth-order valence-electron chi connectivity index (χ4n) is 2.53. The first-order chi connectivity index (χ1) is 13.5. The number of amides is 1. The summed E-state index contributed by atoms with van der Waals surface area (Å²) in [5.41, 5.74) is 1.96. The fraction of sp³-hybridized carbons (Fsp3) is 0.158. The van der Waals surface area contributed by atoms with Crippen molar-refractivity contribution >= 4 is 38.9 Å². The molecule has 2 aromatic heterocycles. The minimum absolute atomic E-state index is 0.293. The highest BCUT2D eigenvalue weighted by Crippen LogP contribution is 2.25. The summed E-state index contributed by atoms with van der Waals surface area (Å²) >= 11 is 7.17. The molecule has 1 amide bonds. The Hall–Kier alpha value is -2.97. The van der Waals surface area contributed by atoms with Crippen LogP contribution in [-0.4, -0.2) is 31.8 Å². The molecule has 2 aromatic carbocycles. The van der Waals surface area contributed by atoms with Gasteiger partial charge >= 0.3 is 0 Å². The zero-order valence-electron chi connectivity index (χ0n) is 15.1. The van der Waals surface area contributed by atoms with Crippen molar-refractivity contribution in [3.8, 4) is 17.1 Å². The van der Waals surface area contributed by atoms with E-state index in [2.05, 4.69) is 20.6 Å². The maximum atomic E-state index is 12.4. The number of carbonyl (C=O) groups is 1. The monoisotopic (exact) mass is 413 g/mol. The summed E-state index contributed by atoms with van der Waals surface area (Å²) in [6, 6.07) is 14.8. The normalized spacial score (nSPS) is 12.1. The van der Waals surface area contributed by atoms with Gasteiger partial charge in [0.05, 0.1) is 0 Å². The van der Waals surface area contributed by atoms with Gasteiger partial charge in [0, 0.05) is 10.6 Å². The van der Waals surface area contributed by atoms with Gasteiger partial charge in [-0.1, -0.05) is 40.6 Å². The van der Waals surface area contributed by atoms with Gasteiger partial charge in [0.25, 0.3) is 5.91 Å². The number of ether oxygens (including phenoxy) is 1. The predicted octanol–water partition coefficient (Wildman–Crippen LogP) is 4.22. The molecule has 1 atom stereocenters. The van der Waals surface area contributed by atoms with Crippen LogP contribution in [0, 0.1) is 6.92 Å². The van der Waals surface area contributed by atoms with Gasteiger partial charge in [-0.3, -0.25) is 10.1 Å². The van der Waals surface area contributed by atoms with Crippen molar-refractivity contribution in [2.75, 3.05) is 5.32 Å². The highest BCUT2D eigenvalue weighted by atomic mass is 35.5. The molecule has 0 fully saturated rings. The SMILES string of the molecule is Cc1ccc(O[C@@H](C)C(=O)Nc2nn3c(-c4ccc(Cl)cc4)nnc3s2)cc1. The van der Waals surface area contributed by atoms with Gasteiger partial charge in [-0.05, 0) is 50.2 Å². The molecule has 0 aliphatic heterocycles. The van der Waals surface area contributed by atoms with Gasteiger partial charge in [0.2, 0.25) is 10.1 Å². The number of anilines is 1. The number of nitrogens with one attached hydrogen (secondary N) is 1. The van der Waals surface area contributed by atoms with Crippen LogP contribution in [0.25, 0.3) is 16.3 Å². The summed E-state index contributed by atoms with van der Waals surface area (Å²) in [4.78, 5) is 13.0. The summed E-state index contributed by atoms with van der Waals surface area (Å²) in [5, 5.41) is 16.5. The van der Waals surface area contributed by atoms with Crippen LogP contribution in [0.4, 0.5) is 5.13 Å². The van der Waals surface area contributed by atoms with Crippen LogP contribution in [0.5, 0.6) is 5.75 Å².